The van der Waals surface area contributed by atoms with Crippen molar-refractivity contribution in [3.8, 4) is 0 Å². The van der Waals surface area contributed by atoms with Gasteiger partial charge in [-0.3, -0.25) is 14.5 Å². The van der Waals surface area contributed by atoms with Gasteiger partial charge in [-0.25, -0.2) is 0 Å². The SMILES string of the molecule is O=C1C[C@](C(=O)NC2CCCC2)(c2ccsc2)N1c1ccccc1. The first-order valence-corrected chi connectivity index (χ1v) is 9.38. The molecule has 2 aliphatic rings. The first kappa shape index (κ1) is 15.4. The molecule has 2 amide bonds. The molecule has 1 saturated heterocycles. The van der Waals surface area contributed by atoms with Crippen LogP contribution < -0.4 is 10.2 Å². The first-order chi connectivity index (χ1) is 11.7. The molecule has 0 unspecified atom stereocenters. The summed E-state index contributed by atoms with van der Waals surface area (Å²) in [4.78, 5) is 27.3. The Bertz CT molecular complexity index is 738. The molecule has 0 radical (unpaired) electrons. The fraction of sp³-hybridized carbons (Fsp3) is 0.368. The minimum Gasteiger partial charge on any atom is -0.351 e. The molecule has 2 aromatic rings. The molecule has 1 N–H and O–H groups in total. The van der Waals surface area contributed by atoms with E-state index in [4.69, 9.17) is 0 Å². The lowest BCUT2D eigenvalue weighted by Gasteiger charge is -2.50. The van der Waals surface area contributed by atoms with E-state index in [1.165, 1.54) is 0 Å². The fourth-order valence-corrected chi connectivity index (χ4v) is 4.58. The van der Waals surface area contributed by atoms with Crippen LogP contribution in [0.15, 0.2) is 47.2 Å². The molecular formula is C19H20N2O2S. The van der Waals surface area contributed by atoms with E-state index in [2.05, 4.69) is 5.32 Å². The van der Waals surface area contributed by atoms with Crippen molar-refractivity contribution in [3.05, 3.63) is 52.7 Å². The number of β-lactam (4-membered cyclic amide) rings is 1. The lowest BCUT2D eigenvalue weighted by Crippen LogP contribution is -2.69. The predicted molar refractivity (Wildman–Crippen MR) is 94.9 cm³/mol. The molecule has 5 heteroatoms. The number of nitrogens with one attached hydrogen (secondary N) is 1. The molecule has 0 spiro atoms. The zero-order valence-electron chi connectivity index (χ0n) is 13.4. The normalized spacial score (nSPS) is 24.0. The highest BCUT2D eigenvalue weighted by Gasteiger charge is 2.58. The van der Waals surface area contributed by atoms with Crippen LogP contribution in [0.2, 0.25) is 0 Å². The van der Waals surface area contributed by atoms with Crippen molar-refractivity contribution >= 4 is 28.8 Å². The van der Waals surface area contributed by atoms with Gasteiger partial charge in [0.2, 0.25) is 5.91 Å². The Labute approximate surface area is 145 Å². The molecule has 4 nitrogen and oxygen atoms in total. The van der Waals surface area contributed by atoms with E-state index < -0.39 is 5.54 Å². The van der Waals surface area contributed by atoms with Crippen LogP contribution in [0, 0.1) is 0 Å². The molecule has 1 aromatic carbocycles. The second kappa shape index (κ2) is 6.06. The summed E-state index contributed by atoms with van der Waals surface area (Å²) in [6.45, 7) is 0. The molecule has 2 fully saturated rings. The summed E-state index contributed by atoms with van der Waals surface area (Å²) in [5, 5.41) is 7.15. The van der Waals surface area contributed by atoms with E-state index in [9.17, 15) is 9.59 Å². The van der Waals surface area contributed by atoms with Crippen molar-refractivity contribution in [1.82, 2.24) is 5.32 Å². The van der Waals surface area contributed by atoms with E-state index in [0.29, 0.717) is 0 Å². The van der Waals surface area contributed by atoms with Crippen molar-refractivity contribution < 1.29 is 9.59 Å². The number of anilines is 1. The van der Waals surface area contributed by atoms with Gasteiger partial charge < -0.3 is 5.32 Å². The Kier molecular flexibility index (Phi) is 3.88. The molecule has 1 aromatic heterocycles. The summed E-state index contributed by atoms with van der Waals surface area (Å²) in [5.41, 5.74) is 0.786. The quantitative estimate of drug-likeness (QED) is 0.867. The van der Waals surface area contributed by atoms with Crippen LogP contribution in [0.4, 0.5) is 5.69 Å². The van der Waals surface area contributed by atoms with Crippen molar-refractivity contribution in [1.29, 1.82) is 0 Å². The first-order valence-electron chi connectivity index (χ1n) is 8.43. The van der Waals surface area contributed by atoms with Crippen LogP contribution >= 0.6 is 11.3 Å². The third-order valence-corrected chi connectivity index (χ3v) is 5.80. The summed E-state index contributed by atoms with van der Waals surface area (Å²) >= 11 is 1.56. The van der Waals surface area contributed by atoms with Crippen LogP contribution in [0.1, 0.15) is 37.7 Å². The molecule has 0 bridgehead atoms. The fourth-order valence-electron chi connectivity index (χ4n) is 3.86. The largest absolute Gasteiger partial charge is 0.351 e. The van der Waals surface area contributed by atoms with E-state index in [-0.39, 0.29) is 24.3 Å². The second-order valence-corrected chi connectivity index (χ2v) is 7.35. The molecular weight excluding hydrogens is 320 g/mol. The van der Waals surface area contributed by atoms with Crippen LogP contribution in [0.3, 0.4) is 0 Å². The summed E-state index contributed by atoms with van der Waals surface area (Å²) in [6, 6.07) is 11.7. The van der Waals surface area contributed by atoms with Gasteiger partial charge in [-0.15, -0.1) is 0 Å². The minimum atomic E-state index is -0.902. The number of carbonyl (C=O) groups excluding carboxylic acids is 2. The van der Waals surface area contributed by atoms with Crippen LogP contribution in [-0.2, 0) is 15.1 Å². The van der Waals surface area contributed by atoms with Gasteiger partial charge in [0.1, 0.15) is 0 Å². The summed E-state index contributed by atoms with van der Waals surface area (Å²) in [7, 11) is 0. The molecule has 1 aliphatic carbocycles. The number of hydrogen-bond donors (Lipinski definition) is 1. The second-order valence-electron chi connectivity index (χ2n) is 6.57. The van der Waals surface area contributed by atoms with E-state index in [0.717, 1.165) is 36.9 Å². The van der Waals surface area contributed by atoms with Crippen LogP contribution in [-0.4, -0.2) is 17.9 Å². The number of para-hydroxylation sites is 1. The maximum absolute atomic E-state index is 13.2. The lowest BCUT2D eigenvalue weighted by atomic mass is 9.77. The monoisotopic (exact) mass is 340 g/mol. The van der Waals surface area contributed by atoms with E-state index >= 15 is 0 Å². The van der Waals surface area contributed by atoms with Crippen molar-refractivity contribution in [2.75, 3.05) is 4.90 Å². The van der Waals surface area contributed by atoms with Gasteiger partial charge >= 0.3 is 0 Å². The van der Waals surface area contributed by atoms with Gasteiger partial charge in [-0.1, -0.05) is 31.0 Å². The Balaban J connectivity index is 1.72. The Morgan fingerprint density at radius 1 is 1.17 bits per heavy atom. The highest BCUT2D eigenvalue weighted by Crippen LogP contribution is 2.46. The zero-order valence-corrected chi connectivity index (χ0v) is 14.2. The van der Waals surface area contributed by atoms with Crippen molar-refractivity contribution in [2.24, 2.45) is 0 Å². The van der Waals surface area contributed by atoms with Gasteiger partial charge in [0.05, 0.1) is 6.42 Å². The summed E-state index contributed by atoms with van der Waals surface area (Å²) in [5.74, 6) is -0.0507. The number of hydrogen-bond acceptors (Lipinski definition) is 3. The van der Waals surface area contributed by atoms with Gasteiger partial charge in [-0.05, 0) is 47.4 Å². The average Bonchev–Trinajstić information content (AvgIpc) is 3.26. The lowest BCUT2D eigenvalue weighted by molar-refractivity contribution is -0.140. The summed E-state index contributed by atoms with van der Waals surface area (Å²) in [6.07, 6.45) is 4.63. The number of rotatable bonds is 4. The number of nitrogens with zero attached hydrogens (tertiary/aromatic N) is 1. The minimum absolute atomic E-state index is 0.00558. The van der Waals surface area contributed by atoms with Crippen molar-refractivity contribution in [3.63, 3.8) is 0 Å². The average molecular weight is 340 g/mol. The Hall–Kier alpha value is -2.14. The molecule has 2 heterocycles. The highest BCUT2D eigenvalue weighted by molar-refractivity contribution is 7.08. The maximum atomic E-state index is 13.2. The van der Waals surface area contributed by atoms with Gasteiger partial charge in [-0.2, -0.15) is 11.3 Å². The van der Waals surface area contributed by atoms with Crippen LogP contribution in [0.25, 0.3) is 0 Å². The molecule has 1 aliphatic heterocycles. The third kappa shape index (κ3) is 2.35. The van der Waals surface area contributed by atoms with Crippen molar-refractivity contribution in [2.45, 2.75) is 43.7 Å². The number of benzene rings is 1. The molecule has 24 heavy (non-hydrogen) atoms. The van der Waals surface area contributed by atoms with E-state index in [1.807, 2.05) is 47.2 Å². The summed E-state index contributed by atoms with van der Waals surface area (Å²) < 4.78 is 0. The van der Waals surface area contributed by atoms with Gasteiger partial charge in [0.15, 0.2) is 5.54 Å². The molecule has 124 valence electrons. The number of amides is 2. The highest BCUT2D eigenvalue weighted by atomic mass is 32.1. The zero-order chi connectivity index (χ0) is 16.6. The smallest absolute Gasteiger partial charge is 0.251 e. The van der Waals surface area contributed by atoms with E-state index in [1.54, 1.807) is 16.2 Å². The number of carbonyl (C=O) groups is 2. The van der Waals surface area contributed by atoms with Crippen LogP contribution in [0.5, 0.6) is 0 Å². The topological polar surface area (TPSA) is 49.4 Å². The molecule has 1 atom stereocenters. The number of thiophene rings is 1. The predicted octanol–water partition coefficient (Wildman–Crippen LogP) is 3.44. The third-order valence-electron chi connectivity index (χ3n) is 5.12. The maximum Gasteiger partial charge on any atom is 0.251 e. The molecule has 4 rings (SSSR count). The molecule has 1 saturated carbocycles. The Morgan fingerprint density at radius 2 is 1.92 bits per heavy atom. The Morgan fingerprint density at radius 3 is 2.54 bits per heavy atom. The van der Waals surface area contributed by atoms with Gasteiger partial charge in [0, 0.05) is 11.7 Å². The standard InChI is InChI=1S/C19H20N2O2S/c22-17-12-19(14-10-11-24-13-14,18(23)20-15-6-4-5-7-15)21(17)16-8-2-1-3-9-16/h1-3,8-11,13,15H,4-7,12H2,(H,20,23)/t19-/m1/s1. The van der Waals surface area contributed by atoms with Gasteiger partial charge in [0.25, 0.3) is 5.91 Å².